The molecule has 54 valence electrons. The van der Waals surface area contributed by atoms with Crippen LogP contribution < -0.4 is 8.63 Å². The molecule has 0 atom stereocenters. The van der Waals surface area contributed by atoms with Gasteiger partial charge >= 0.3 is 6.01 Å². The predicted octanol–water partition coefficient (Wildman–Crippen LogP) is 0.807. The molecule has 1 heterocycles. The van der Waals surface area contributed by atoms with Crippen LogP contribution in [-0.2, 0) is 0 Å². The van der Waals surface area contributed by atoms with Crippen molar-refractivity contribution in [2.24, 2.45) is 0 Å². The number of H-pyrrole nitrogens is 1. The summed E-state index contributed by atoms with van der Waals surface area (Å²) in [4.78, 5) is 17.0. The molecule has 0 aliphatic rings. The van der Waals surface area contributed by atoms with Crippen molar-refractivity contribution in [3.8, 4) is 6.01 Å². The highest BCUT2D eigenvalue weighted by atomic mass is 127. The normalized spacial score (nSPS) is 9.40. The van der Waals surface area contributed by atoms with Crippen LogP contribution in [0.2, 0.25) is 0 Å². The van der Waals surface area contributed by atoms with Gasteiger partial charge in [0.05, 0.1) is 0 Å². The second-order valence-corrected chi connectivity index (χ2v) is 2.21. The summed E-state index contributed by atoms with van der Waals surface area (Å²) in [5.41, 5.74) is 0.453. The monoisotopic (exact) mass is 252 g/mol. The van der Waals surface area contributed by atoms with E-state index in [-0.39, 0.29) is 11.6 Å². The van der Waals surface area contributed by atoms with Crippen LogP contribution in [0.15, 0.2) is 10.9 Å². The van der Waals surface area contributed by atoms with E-state index in [1.54, 1.807) is 29.9 Å². The highest BCUT2D eigenvalue weighted by Crippen LogP contribution is 2.01. The zero-order valence-corrected chi connectivity index (χ0v) is 7.38. The first-order valence-corrected chi connectivity index (χ1v) is 3.47. The predicted molar refractivity (Wildman–Crippen MR) is 44.2 cm³/mol. The molecule has 0 aliphatic heterocycles. The molecule has 0 amide bonds. The Kier molecular flexibility index (Phi) is 2.25. The highest BCUT2D eigenvalue weighted by molar-refractivity contribution is 14.1. The lowest BCUT2D eigenvalue weighted by Gasteiger charge is -1.94. The Labute approximate surface area is 71.3 Å². The number of halogens is 1. The van der Waals surface area contributed by atoms with Gasteiger partial charge in [0.15, 0.2) is 23.0 Å². The molecule has 1 N–H and O–H groups in total. The Hall–Kier alpha value is -0.590. The fourth-order valence-electron chi connectivity index (χ4n) is 0.588. The second kappa shape index (κ2) is 3.00. The molecule has 10 heavy (non-hydrogen) atoms. The van der Waals surface area contributed by atoms with E-state index in [1.807, 2.05) is 0 Å². The summed E-state index contributed by atoms with van der Waals surface area (Å²) in [6, 6.07) is 1.64. The van der Waals surface area contributed by atoms with E-state index in [9.17, 15) is 4.79 Å². The van der Waals surface area contributed by atoms with Crippen molar-refractivity contribution in [3.63, 3.8) is 0 Å². The topological polar surface area (TPSA) is 55.0 Å². The van der Waals surface area contributed by atoms with Crippen LogP contribution in [0.4, 0.5) is 0 Å². The average molecular weight is 252 g/mol. The molecular weight excluding hydrogens is 247 g/mol. The minimum atomic E-state index is -0.195. The van der Waals surface area contributed by atoms with E-state index in [1.165, 1.54) is 6.07 Å². The number of aromatic amines is 1. The Morgan fingerprint density at radius 3 is 3.00 bits per heavy atom. The van der Waals surface area contributed by atoms with Crippen molar-refractivity contribution in [1.29, 1.82) is 0 Å². The Morgan fingerprint density at radius 1 is 1.80 bits per heavy atom. The first kappa shape index (κ1) is 7.52. The molecule has 0 radical (unpaired) electrons. The smallest absolute Gasteiger partial charge is 0.306 e. The molecular formula is C5H5IN2O2. The van der Waals surface area contributed by atoms with E-state index < -0.39 is 0 Å². The molecule has 0 aromatic carbocycles. The van der Waals surface area contributed by atoms with Crippen molar-refractivity contribution in [1.82, 2.24) is 9.97 Å². The summed E-state index contributed by atoms with van der Waals surface area (Å²) in [5.74, 6) is 0. The maximum atomic E-state index is 10.7. The van der Waals surface area contributed by atoms with Gasteiger partial charge in [0.2, 0.25) is 0 Å². The number of hydrogen-bond acceptors (Lipinski definition) is 3. The van der Waals surface area contributed by atoms with Gasteiger partial charge in [0.25, 0.3) is 5.56 Å². The largest absolute Gasteiger partial charge is 0.394 e. The molecule has 1 rings (SSSR count). The van der Waals surface area contributed by atoms with Crippen LogP contribution in [0, 0.1) is 6.92 Å². The lowest BCUT2D eigenvalue weighted by Crippen LogP contribution is -2.06. The number of rotatable bonds is 1. The fourth-order valence-corrected chi connectivity index (χ4v) is 0.797. The number of hydrogen-bond donors (Lipinski definition) is 1. The molecule has 1 aromatic heterocycles. The molecule has 0 aliphatic carbocycles. The lowest BCUT2D eigenvalue weighted by atomic mass is 10.5. The van der Waals surface area contributed by atoms with Crippen molar-refractivity contribution in [3.05, 3.63) is 22.1 Å². The van der Waals surface area contributed by atoms with E-state index in [0.717, 1.165) is 0 Å². The minimum absolute atomic E-state index is 0.195. The van der Waals surface area contributed by atoms with Crippen LogP contribution in [0.3, 0.4) is 0 Å². The van der Waals surface area contributed by atoms with E-state index >= 15 is 0 Å². The van der Waals surface area contributed by atoms with E-state index in [0.29, 0.717) is 5.69 Å². The molecule has 1 aromatic rings. The highest BCUT2D eigenvalue weighted by Gasteiger charge is 1.94. The molecule has 5 heteroatoms. The Balaban J connectivity index is 3.19. The summed E-state index contributed by atoms with van der Waals surface area (Å²) in [5, 5.41) is 0. The van der Waals surface area contributed by atoms with Gasteiger partial charge in [-0.15, -0.1) is 0 Å². The first-order valence-electron chi connectivity index (χ1n) is 2.59. The van der Waals surface area contributed by atoms with Gasteiger partial charge < -0.3 is 3.07 Å². The Morgan fingerprint density at radius 2 is 2.50 bits per heavy atom. The van der Waals surface area contributed by atoms with E-state index in [4.69, 9.17) is 0 Å². The van der Waals surface area contributed by atoms with Gasteiger partial charge in [-0.2, -0.15) is 0 Å². The minimum Gasteiger partial charge on any atom is -0.394 e. The molecule has 0 unspecified atom stereocenters. The van der Waals surface area contributed by atoms with Gasteiger partial charge in [-0.1, -0.05) is 0 Å². The summed E-state index contributed by atoms with van der Waals surface area (Å²) >= 11 is 1.65. The zero-order valence-electron chi connectivity index (χ0n) is 5.22. The quantitative estimate of drug-likeness (QED) is 0.752. The Bertz CT molecular complexity index is 283. The zero-order chi connectivity index (χ0) is 7.56. The van der Waals surface area contributed by atoms with E-state index in [2.05, 4.69) is 13.0 Å². The molecule has 4 nitrogen and oxygen atoms in total. The van der Waals surface area contributed by atoms with Crippen LogP contribution in [0.5, 0.6) is 6.01 Å². The molecule has 0 saturated heterocycles. The van der Waals surface area contributed by atoms with Crippen LogP contribution in [0.25, 0.3) is 0 Å². The SMILES string of the molecule is Cc1cc(=O)[nH]c(OI)n1. The van der Waals surface area contributed by atoms with Crippen molar-refractivity contribution >= 4 is 23.0 Å². The standard InChI is InChI=1S/C5H5IN2O2/c1-3-2-4(9)8-5(7-3)10-6/h2H,1H3,(H,7,8,9). The molecule has 0 fully saturated rings. The van der Waals surface area contributed by atoms with Gasteiger partial charge in [-0.3, -0.25) is 9.78 Å². The van der Waals surface area contributed by atoms with Gasteiger partial charge in [0, 0.05) is 11.8 Å². The maximum absolute atomic E-state index is 10.7. The van der Waals surface area contributed by atoms with Crippen molar-refractivity contribution in [2.45, 2.75) is 6.92 Å². The summed E-state index contributed by atoms with van der Waals surface area (Å²) in [6.07, 6.45) is 0. The first-order chi connectivity index (χ1) is 4.72. The van der Waals surface area contributed by atoms with Gasteiger partial charge in [-0.25, -0.2) is 4.98 Å². The van der Waals surface area contributed by atoms with Crippen LogP contribution in [-0.4, -0.2) is 9.97 Å². The second-order valence-electron chi connectivity index (χ2n) is 1.77. The third-order valence-corrected chi connectivity index (χ3v) is 1.34. The van der Waals surface area contributed by atoms with Crippen LogP contribution in [0.1, 0.15) is 5.69 Å². The average Bonchev–Trinajstić information content (AvgIpc) is 1.85. The van der Waals surface area contributed by atoms with Crippen LogP contribution >= 0.6 is 23.0 Å². The van der Waals surface area contributed by atoms with Gasteiger partial charge in [0.1, 0.15) is 0 Å². The molecule has 0 saturated carbocycles. The van der Waals surface area contributed by atoms with Crippen molar-refractivity contribution in [2.75, 3.05) is 0 Å². The van der Waals surface area contributed by atoms with Crippen molar-refractivity contribution < 1.29 is 3.07 Å². The summed E-state index contributed by atoms with van der Waals surface area (Å²) in [6.45, 7) is 1.73. The number of nitrogens with one attached hydrogen (secondary N) is 1. The number of nitrogens with zero attached hydrogens (tertiary/aromatic N) is 1. The third-order valence-electron chi connectivity index (χ3n) is 0.921. The third kappa shape index (κ3) is 1.69. The van der Waals surface area contributed by atoms with Gasteiger partial charge in [-0.05, 0) is 6.92 Å². The molecule has 0 bridgehead atoms. The molecule has 0 spiro atoms. The summed E-state index contributed by atoms with van der Waals surface area (Å²) in [7, 11) is 0. The summed E-state index contributed by atoms with van der Waals surface area (Å²) < 4.78 is 4.68. The number of aryl methyl sites for hydroxylation is 1. The number of aromatic nitrogens is 2. The maximum Gasteiger partial charge on any atom is 0.306 e. The lowest BCUT2D eigenvalue weighted by molar-refractivity contribution is 0.635. The fraction of sp³-hybridized carbons (Fsp3) is 0.200.